The third-order valence-corrected chi connectivity index (χ3v) is 4.07. The topological polar surface area (TPSA) is 60.9 Å². The molecule has 0 unspecified atom stereocenters. The molecule has 0 aromatic carbocycles. The molecule has 0 aliphatic heterocycles. The minimum Gasteiger partial charge on any atom is -0.305 e. The first-order chi connectivity index (χ1) is 9.93. The van der Waals surface area contributed by atoms with Gasteiger partial charge in [-0.15, -0.1) is 5.10 Å². The fourth-order valence-electron chi connectivity index (χ4n) is 1.92. The molecule has 0 saturated heterocycles. The number of thioether (sulfide) groups is 1. The van der Waals surface area contributed by atoms with Crippen molar-refractivity contribution in [2.75, 3.05) is 0 Å². The summed E-state index contributed by atoms with van der Waals surface area (Å²) >= 11 is 7.54. The van der Waals surface area contributed by atoms with Crippen molar-refractivity contribution in [2.45, 2.75) is 37.2 Å². The van der Waals surface area contributed by atoms with Crippen molar-refractivity contribution in [3.05, 3.63) is 35.2 Å². The highest BCUT2D eigenvalue weighted by molar-refractivity contribution is 7.98. The van der Waals surface area contributed by atoms with Gasteiger partial charge in [-0.25, -0.2) is 9.67 Å². The summed E-state index contributed by atoms with van der Waals surface area (Å²) in [5, 5.41) is 13.4. The highest BCUT2D eigenvalue weighted by atomic mass is 35.5. The first kappa shape index (κ1) is 14.3. The van der Waals surface area contributed by atoms with Crippen LogP contribution in [-0.2, 0) is 11.3 Å². The van der Waals surface area contributed by atoms with Gasteiger partial charge in [-0.05, 0) is 43.3 Å². The number of hydrogen-bond acceptors (Lipinski definition) is 5. The third kappa shape index (κ3) is 3.03. The van der Waals surface area contributed by atoms with Crippen LogP contribution in [0.15, 0.2) is 29.7 Å². The van der Waals surface area contributed by atoms with Crippen LogP contribution >= 0.6 is 23.4 Å². The van der Waals surface area contributed by atoms with Crippen molar-refractivity contribution < 1.29 is 0 Å². The lowest BCUT2D eigenvalue weighted by molar-refractivity contribution is 0.321. The lowest BCUT2D eigenvalue weighted by atomic mass is 10.1. The van der Waals surface area contributed by atoms with Gasteiger partial charge >= 0.3 is 0 Å². The first-order valence-corrected chi connectivity index (χ1v) is 7.84. The summed E-state index contributed by atoms with van der Waals surface area (Å²) < 4.78 is 3.75. The monoisotopic (exact) mass is 322 g/mol. The van der Waals surface area contributed by atoms with Gasteiger partial charge in [0, 0.05) is 18.1 Å². The second-order valence-electron chi connectivity index (χ2n) is 5.68. The molecule has 0 amide bonds. The van der Waals surface area contributed by atoms with Gasteiger partial charge in [-0.3, -0.25) is 0 Å². The maximum atomic E-state index is 5.97. The fourth-order valence-corrected chi connectivity index (χ4v) is 3.03. The molecule has 8 heteroatoms. The maximum absolute atomic E-state index is 5.97. The molecule has 0 radical (unpaired) electrons. The Balaban J connectivity index is 1.79. The molecule has 0 saturated carbocycles. The minimum atomic E-state index is -0.141. The van der Waals surface area contributed by atoms with Crippen molar-refractivity contribution in [1.29, 1.82) is 0 Å². The molecule has 0 atom stereocenters. The Bertz CT molecular complexity index is 772. The molecule has 3 aromatic heterocycles. The zero-order valence-corrected chi connectivity index (χ0v) is 13.6. The van der Waals surface area contributed by atoms with E-state index >= 15 is 0 Å². The van der Waals surface area contributed by atoms with E-state index in [1.807, 2.05) is 33.6 Å². The van der Waals surface area contributed by atoms with Crippen LogP contribution in [-0.4, -0.2) is 29.6 Å². The highest BCUT2D eigenvalue weighted by Crippen LogP contribution is 2.24. The highest BCUT2D eigenvalue weighted by Gasteiger charge is 2.20. The molecule has 21 heavy (non-hydrogen) atoms. The quantitative estimate of drug-likeness (QED) is 0.694. The molecule has 3 rings (SSSR count). The lowest BCUT2D eigenvalue weighted by Crippen LogP contribution is -2.24. The van der Waals surface area contributed by atoms with Gasteiger partial charge < -0.3 is 4.40 Å². The summed E-state index contributed by atoms with van der Waals surface area (Å²) in [6.45, 7) is 6.21. The number of pyridine rings is 1. The summed E-state index contributed by atoms with van der Waals surface area (Å²) in [5.41, 5.74) is 1.70. The average Bonchev–Trinajstić information content (AvgIpc) is 3.00. The van der Waals surface area contributed by atoms with Crippen molar-refractivity contribution in [1.82, 2.24) is 29.6 Å². The normalized spacial score (nSPS) is 12.2. The molecule has 0 aliphatic carbocycles. The van der Waals surface area contributed by atoms with Crippen LogP contribution in [0.2, 0.25) is 5.02 Å². The van der Waals surface area contributed by atoms with Crippen LogP contribution in [0.5, 0.6) is 0 Å². The van der Waals surface area contributed by atoms with Crippen LogP contribution in [0.25, 0.3) is 5.65 Å². The van der Waals surface area contributed by atoms with E-state index in [4.69, 9.17) is 11.6 Å². The Morgan fingerprint density at radius 1 is 1.24 bits per heavy atom. The van der Waals surface area contributed by atoms with E-state index in [2.05, 4.69) is 41.3 Å². The molecule has 0 spiro atoms. The van der Waals surface area contributed by atoms with Gasteiger partial charge in [-0.2, -0.15) is 0 Å². The first-order valence-electron chi connectivity index (χ1n) is 6.48. The molecule has 3 aromatic rings. The third-order valence-electron chi connectivity index (χ3n) is 2.89. The second kappa shape index (κ2) is 5.31. The zero-order chi connectivity index (χ0) is 15.0. The number of imidazole rings is 1. The standard InChI is InChI=1S/C13H15ClN6S/c1-13(2,3)20-12(16-17-18-20)21-8-10-7-19-6-9(14)4-5-11(19)15-10/h4-7H,8H2,1-3H3. The number of hydrogen-bond donors (Lipinski definition) is 0. The van der Waals surface area contributed by atoms with Gasteiger partial charge in [0.1, 0.15) is 5.65 Å². The van der Waals surface area contributed by atoms with Crippen LogP contribution in [0.4, 0.5) is 0 Å². The molecule has 3 heterocycles. The maximum Gasteiger partial charge on any atom is 0.210 e. The zero-order valence-electron chi connectivity index (χ0n) is 12.0. The van der Waals surface area contributed by atoms with E-state index in [0.717, 1.165) is 16.5 Å². The summed E-state index contributed by atoms with van der Waals surface area (Å²) in [5.74, 6) is 0.704. The van der Waals surface area contributed by atoms with Gasteiger partial charge in [0.25, 0.3) is 0 Å². The Kier molecular flexibility index (Phi) is 3.62. The van der Waals surface area contributed by atoms with E-state index in [1.165, 1.54) is 0 Å². The molecular weight excluding hydrogens is 308 g/mol. The summed E-state index contributed by atoms with van der Waals surface area (Å²) in [6.07, 6.45) is 3.82. The SMILES string of the molecule is CC(C)(C)n1nnnc1SCc1cn2cc(Cl)ccc2n1. The number of rotatable bonds is 3. The number of halogens is 1. The van der Waals surface area contributed by atoms with Crippen molar-refractivity contribution in [3.63, 3.8) is 0 Å². The van der Waals surface area contributed by atoms with E-state index in [1.54, 1.807) is 11.8 Å². The van der Waals surface area contributed by atoms with Crippen LogP contribution < -0.4 is 0 Å². The van der Waals surface area contributed by atoms with Crippen LogP contribution in [0.1, 0.15) is 26.5 Å². The van der Waals surface area contributed by atoms with Gasteiger partial charge in [-0.1, -0.05) is 23.4 Å². The van der Waals surface area contributed by atoms with Gasteiger partial charge in [0.15, 0.2) is 0 Å². The summed E-state index contributed by atoms with van der Waals surface area (Å²) in [7, 11) is 0. The Hall–Kier alpha value is -1.60. The largest absolute Gasteiger partial charge is 0.305 e. The van der Waals surface area contributed by atoms with E-state index in [9.17, 15) is 0 Å². The van der Waals surface area contributed by atoms with Crippen LogP contribution in [0, 0.1) is 0 Å². The predicted octanol–water partition coefficient (Wildman–Crippen LogP) is 3.02. The van der Waals surface area contributed by atoms with Crippen molar-refractivity contribution in [2.24, 2.45) is 0 Å². The van der Waals surface area contributed by atoms with E-state index in [-0.39, 0.29) is 5.54 Å². The molecule has 0 aliphatic rings. The fraction of sp³-hybridized carbons (Fsp3) is 0.385. The second-order valence-corrected chi connectivity index (χ2v) is 7.06. The molecule has 0 fully saturated rings. The average molecular weight is 323 g/mol. The van der Waals surface area contributed by atoms with Gasteiger partial charge in [0.05, 0.1) is 16.3 Å². The van der Waals surface area contributed by atoms with Crippen LogP contribution in [0.3, 0.4) is 0 Å². The van der Waals surface area contributed by atoms with E-state index in [0.29, 0.717) is 10.8 Å². The number of fused-ring (bicyclic) bond motifs is 1. The summed E-state index contributed by atoms with van der Waals surface area (Å²) in [6, 6.07) is 3.73. The Morgan fingerprint density at radius 3 is 2.81 bits per heavy atom. The van der Waals surface area contributed by atoms with Crippen molar-refractivity contribution in [3.8, 4) is 0 Å². The minimum absolute atomic E-state index is 0.141. The van der Waals surface area contributed by atoms with Crippen molar-refractivity contribution >= 4 is 29.0 Å². The van der Waals surface area contributed by atoms with E-state index < -0.39 is 0 Å². The number of tetrazole rings is 1. The Labute approximate surface area is 131 Å². The number of nitrogens with zero attached hydrogens (tertiary/aromatic N) is 6. The molecule has 6 nitrogen and oxygen atoms in total. The Morgan fingerprint density at radius 2 is 2.05 bits per heavy atom. The number of aromatic nitrogens is 6. The molecule has 0 bridgehead atoms. The van der Waals surface area contributed by atoms with Gasteiger partial charge in [0.2, 0.25) is 5.16 Å². The molecule has 110 valence electrons. The summed E-state index contributed by atoms with van der Waals surface area (Å²) in [4.78, 5) is 4.55. The molecular formula is C13H15ClN6S. The lowest BCUT2D eigenvalue weighted by Gasteiger charge is -2.19. The smallest absolute Gasteiger partial charge is 0.210 e. The predicted molar refractivity (Wildman–Crippen MR) is 82.6 cm³/mol. The molecule has 0 N–H and O–H groups in total.